The maximum atomic E-state index is 13.9. The molecule has 0 aromatic heterocycles. The van der Waals surface area contributed by atoms with Crippen LogP contribution < -0.4 is 11.5 Å². The van der Waals surface area contributed by atoms with E-state index in [1.165, 1.54) is 38.5 Å². The molecule has 2 unspecified atom stereocenters. The Kier molecular flexibility index (Phi) is 8.83. The highest BCUT2D eigenvalue weighted by molar-refractivity contribution is 6.00. The van der Waals surface area contributed by atoms with E-state index in [0.717, 1.165) is 49.4 Å². The fraction of sp³-hybridized carbons (Fsp3) is 0.714. The third-order valence-electron chi connectivity index (χ3n) is 8.89. The van der Waals surface area contributed by atoms with Gasteiger partial charge in [-0.1, -0.05) is 40.5 Å². The van der Waals surface area contributed by atoms with E-state index in [1.807, 2.05) is 0 Å². The Balaban J connectivity index is 1.83. The molecule has 3 rings (SSSR count). The van der Waals surface area contributed by atoms with Gasteiger partial charge in [-0.3, -0.25) is 9.59 Å². The predicted molar refractivity (Wildman–Crippen MR) is 136 cm³/mol. The Hall–Kier alpha value is -2.04. The standard InChI is InChI=1S/C28H45N3O2/c1-5-18(3)20-7-11-25(12-8-20)31(26-13-9-21(10-14-26)19(4)6-2)28(33)23-15-22(27(30)32)16-24(29)17-23/h15-21,25-26H,5-14,29H2,1-4H3,(H2,30,32)/t18?,19?,20-,21-,25+,26+. The molecule has 2 atom stereocenters. The zero-order chi connectivity index (χ0) is 24.1. The van der Waals surface area contributed by atoms with E-state index in [0.29, 0.717) is 16.8 Å². The summed E-state index contributed by atoms with van der Waals surface area (Å²) < 4.78 is 0. The lowest BCUT2D eigenvalue weighted by Gasteiger charge is -2.45. The number of nitrogens with zero attached hydrogens (tertiary/aromatic N) is 1. The molecule has 0 bridgehead atoms. The second-order valence-corrected chi connectivity index (χ2v) is 10.8. The third kappa shape index (κ3) is 6.10. The van der Waals surface area contributed by atoms with Crippen LogP contribution in [0.4, 0.5) is 5.69 Å². The van der Waals surface area contributed by atoms with Gasteiger partial charge in [0, 0.05) is 28.9 Å². The van der Waals surface area contributed by atoms with Crippen LogP contribution in [0.3, 0.4) is 0 Å². The number of anilines is 1. The van der Waals surface area contributed by atoms with Crippen molar-refractivity contribution >= 4 is 17.5 Å². The number of hydrogen-bond acceptors (Lipinski definition) is 3. The molecule has 0 saturated heterocycles. The molecule has 2 aliphatic rings. The second-order valence-electron chi connectivity index (χ2n) is 10.8. The number of benzene rings is 1. The van der Waals surface area contributed by atoms with Crippen LogP contribution in [0.15, 0.2) is 18.2 Å². The molecule has 1 aromatic rings. The molecular weight excluding hydrogens is 410 g/mol. The van der Waals surface area contributed by atoms with E-state index in [4.69, 9.17) is 11.5 Å². The minimum atomic E-state index is -0.550. The molecule has 0 spiro atoms. The quantitative estimate of drug-likeness (QED) is 0.470. The van der Waals surface area contributed by atoms with Crippen molar-refractivity contribution in [3.8, 4) is 0 Å². The second kappa shape index (κ2) is 11.4. The molecule has 0 heterocycles. The number of carbonyl (C=O) groups is 2. The summed E-state index contributed by atoms with van der Waals surface area (Å²) in [5, 5.41) is 0. The summed E-state index contributed by atoms with van der Waals surface area (Å²) in [4.78, 5) is 27.9. The number of hydrogen-bond donors (Lipinski definition) is 2. The first-order valence-corrected chi connectivity index (χ1v) is 13.3. The smallest absolute Gasteiger partial charge is 0.254 e. The van der Waals surface area contributed by atoms with Crippen molar-refractivity contribution < 1.29 is 9.59 Å². The Morgan fingerprint density at radius 1 is 0.818 bits per heavy atom. The molecule has 33 heavy (non-hydrogen) atoms. The monoisotopic (exact) mass is 455 g/mol. The largest absolute Gasteiger partial charge is 0.399 e. The predicted octanol–water partition coefficient (Wildman–Crippen LogP) is 6.02. The summed E-state index contributed by atoms with van der Waals surface area (Å²) in [6.45, 7) is 9.28. The maximum Gasteiger partial charge on any atom is 0.254 e. The molecule has 1 aromatic carbocycles. The highest BCUT2D eigenvalue weighted by atomic mass is 16.2. The molecular formula is C28H45N3O2. The molecule has 5 nitrogen and oxygen atoms in total. The Labute approximate surface area is 200 Å². The van der Waals surface area contributed by atoms with Crippen molar-refractivity contribution in [3.05, 3.63) is 29.3 Å². The molecule has 184 valence electrons. The van der Waals surface area contributed by atoms with Crippen LogP contribution in [-0.4, -0.2) is 28.8 Å². The van der Waals surface area contributed by atoms with Gasteiger partial charge >= 0.3 is 0 Å². The number of nitrogens with two attached hydrogens (primary N) is 2. The van der Waals surface area contributed by atoms with E-state index in [2.05, 4.69) is 32.6 Å². The molecule has 2 fully saturated rings. The van der Waals surface area contributed by atoms with Crippen molar-refractivity contribution in [2.24, 2.45) is 29.4 Å². The van der Waals surface area contributed by atoms with Gasteiger partial charge in [-0.05, 0) is 93.2 Å². The van der Waals surface area contributed by atoms with Crippen molar-refractivity contribution in [3.63, 3.8) is 0 Å². The lowest BCUT2D eigenvalue weighted by Crippen LogP contribution is -2.50. The first-order chi connectivity index (χ1) is 15.7. The van der Waals surface area contributed by atoms with Gasteiger partial charge in [0.05, 0.1) is 0 Å². The van der Waals surface area contributed by atoms with Crippen LogP contribution >= 0.6 is 0 Å². The molecule has 2 amide bonds. The summed E-state index contributed by atoms with van der Waals surface area (Å²) in [5.74, 6) is 2.48. The Morgan fingerprint density at radius 2 is 1.24 bits per heavy atom. The summed E-state index contributed by atoms with van der Waals surface area (Å²) in [6.07, 6.45) is 11.5. The highest BCUT2D eigenvalue weighted by Gasteiger charge is 2.37. The van der Waals surface area contributed by atoms with Crippen LogP contribution in [0.25, 0.3) is 0 Å². The fourth-order valence-electron chi connectivity index (χ4n) is 6.26. The van der Waals surface area contributed by atoms with Gasteiger partial charge in [0.1, 0.15) is 0 Å². The van der Waals surface area contributed by atoms with Crippen molar-refractivity contribution in [2.75, 3.05) is 5.73 Å². The third-order valence-corrected chi connectivity index (χ3v) is 8.89. The van der Waals surface area contributed by atoms with Crippen LogP contribution in [0.1, 0.15) is 113 Å². The number of carbonyl (C=O) groups excluding carboxylic acids is 2. The summed E-state index contributed by atoms with van der Waals surface area (Å²) >= 11 is 0. The number of nitrogen functional groups attached to an aromatic ring is 1. The first-order valence-electron chi connectivity index (χ1n) is 13.3. The summed E-state index contributed by atoms with van der Waals surface area (Å²) in [5.41, 5.74) is 12.8. The van der Waals surface area contributed by atoms with E-state index in [-0.39, 0.29) is 18.0 Å². The van der Waals surface area contributed by atoms with Crippen LogP contribution in [0, 0.1) is 23.7 Å². The van der Waals surface area contributed by atoms with E-state index in [1.54, 1.807) is 18.2 Å². The van der Waals surface area contributed by atoms with Gasteiger partial charge in [-0.25, -0.2) is 0 Å². The van der Waals surface area contributed by atoms with Gasteiger partial charge in [0.25, 0.3) is 5.91 Å². The lowest BCUT2D eigenvalue weighted by molar-refractivity contribution is 0.0336. The molecule has 0 aliphatic heterocycles. The first kappa shape index (κ1) is 25.6. The van der Waals surface area contributed by atoms with Gasteiger partial charge in [-0.15, -0.1) is 0 Å². The summed E-state index contributed by atoms with van der Waals surface area (Å²) in [6, 6.07) is 5.42. The minimum Gasteiger partial charge on any atom is -0.399 e. The SMILES string of the molecule is CCC(C)[C@H]1CC[C@@H](N(C(=O)c2cc(N)cc(C(N)=O)c2)[C@H]2CC[C@@H](C(C)CC)CC2)CC1. The van der Waals surface area contributed by atoms with E-state index < -0.39 is 5.91 Å². The van der Waals surface area contributed by atoms with E-state index in [9.17, 15) is 9.59 Å². The maximum absolute atomic E-state index is 13.9. The Bertz CT molecular complexity index is 777. The zero-order valence-electron chi connectivity index (χ0n) is 21.2. The van der Waals surface area contributed by atoms with Crippen molar-refractivity contribution in [1.82, 2.24) is 4.90 Å². The number of primary amides is 1. The van der Waals surface area contributed by atoms with Crippen LogP contribution in [-0.2, 0) is 0 Å². The number of rotatable bonds is 8. The molecule has 4 N–H and O–H groups in total. The summed E-state index contributed by atoms with van der Waals surface area (Å²) in [7, 11) is 0. The molecule has 2 aliphatic carbocycles. The molecule has 5 heteroatoms. The molecule has 0 radical (unpaired) electrons. The Morgan fingerprint density at radius 3 is 1.64 bits per heavy atom. The fourth-order valence-corrected chi connectivity index (χ4v) is 6.26. The highest BCUT2D eigenvalue weighted by Crippen LogP contribution is 2.39. The van der Waals surface area contributed by atoms with Crippen LogP contribution in [0.5, 0.6) is 0 Å². The van der Waals surface area contributed by atoms with Gasteiger partial charge < -0.3 is 16.4 Å². The van der Waals surface area contributed by atoms with Gasteiger partial charge in [0.2, 0.25) is 5.91 Å². The zero-order valence-corrected chi connectivity index (χ0v) is 21.2. The molecule has 2 saturated carbocycles. The van der Waals surface area contributed by atoms with Crippen LogP contribution in [0.2, 0.25) is 0 Å². The minimum absolute atomic E-state index is 0.0174. The van der Waals surface area contributed by atoms with E-state index >= 15 is 0 Å². The van der Waals surface area contributed by atoms with Gasteiger partial charge in [-0.2, -0.15) is 0 Å². The van der Waals surface area contributed by atoms with Crippen molar-refractivity contribution in [2.45, 2.75) is 104 Å². The average molecular weight is 456 g/mol. The number of amides is 2. The van der Waals surface area contributed by atoms with Crippen molar-refractivity contribution in [1.29, 1.82) is 0 Å². The topological polar surface area (TPSA) is 89.4 Å². The normalized spacial score (nSPS) is 27.5. The average Bonchev–Trinajstić information content (AvgIpc) is 2.83. The lowest BCUT2D eigenvalue weighted by atomic mass is 9.75. The van der Waals surface area contributed by atoms with Gasteiger partial charge in [0.15, 0.2) is 0 Å².